The third-order valence-corrected chi connectivity index (χ3v) is 3.74. The first kappa shape index (κ1) is 14.7. The Morgan fingerprint density at radius 1 is 1.13 bits per heavy atom. The molecule has 0 aliphatic heterocycles. The fourth-order valence-corrected chi connectivity index (χ4v) is 2.76. The maximum Gasteiger partial charge on any atom is 0.411 e. The van der Waals surface area contributed by atoms with E-state index in [0.29, 0.717) is 6.61 Å². The van der Waals surface area contributed by atoms with Gasteiger partial charge < -0.3 is 4.43 Å². The Balaban J connectivity index is 4.58. The highest BCUT2D eigenvalue weighted by molar-refractivity contribution is 6.76. The normalized spacial score (nSPS) is 12.5. The zero-order valence-corrected chi connectivity index (χ0v) is 12.9. The van der Waals surface area contributed by atoms with Crippen LogP contribution in [0, 0.1) is 0 Å². The summed E-state index contributed by atoms with van der Waals surface area (Å²) in [6.07, 6.45) is -0.324. The minimum atomic E-state index is -1.84. The SMILES string of the molecule is CCON(C(=O)O[Si](C)(C)C)[Si](C)(C)C. The van der Waals surface area contributed by atoms with Crippen LogP contribution in [-0.4, -0.2) is 34.0 Å². The summed E-state index contributed by atoms with van der Waals surface area (Å²) >= 11 is 0. The van der Waals surface area contributed by atoms with E-state index >= 15 is 0 Å². The van der Waals surface area contributed by atoms with Crippen LogP contribution in [0.3, 0.4) is 0 Å². The van der Waals surface area contributed by atoms with E-state index in [2.05, 4.69) is 0 Å². The molecule has 90 valence electrons. The number of rotatable bonds is 4. The molecule has 0 aliphatic carbocycles. The van der Waals surface area contributed by atoms with Crippen molar-refractivity contribution in [2.75, 3.05) is 6.61 Å². The lowest BCUT2D eigenvalue weighted by molar-refractivity contribution is -0.0659. The molecule has 1 amide bonds. The fraction of sp³-hybridized carbons (Fsp3) is 0.889. The monoisotopic (exact) mass is 249 g/mol. The van der Waals surface area contributed by atoms with Gasteiger partial charge in [0.2, 0.25) is 8.32 Å². The largest absolute Gasteiger partial charge is 0.503 e. The summed E-state index contributed by atoms with van der Waals surface area (Å²) in [5.41, 5.74) is 0. The third kappa shape index (κ3) is 5.96. The summed E-state index contributed by atoms with van der Waals surface area (Å²) in [5, 5.41) is 0. The quantitative estimate of drug-likeness (QED) is 0.568. The van der Waals surface area contributed by atoms with Crippen LogP contribution < -0.4 is 0 Å². The van der Waals surface area contributed by atoms with Crippen LogP contribution in [0.25, 0.3) is 0 Å². The van der Waals surface area contributed by atoms with Crippen molar-refractivity contribution in [1.29, 1.82) is 0 Å². The molecule has 0 aromatic rings. The van der Waals surface area contributed by atoms with Gasteiger partial charge in [0.05, 0.1) is 6.61 Å². The molecule has 15 heavy (non-hydrogen) atoms. The first-order valence-corrected chi connectivity index (χ1v) is 12.1. The van der Waals surface area contributed by atoms with Crippen molar-refractivity contribution >= 4 is 22.6 Å². The van der Waals surface area contributed by atoms with Gasteiger partial charge in [-0.1, -0.05) is 0 Å². The molecule has 4 nitrogen and oxygen atoms in total. The van der Waals surface area contributed by atoms with Gasteiger partial charge >= 0.3 is 6.09 Å². The van der Waals surface area contributed by atoms with Crippen molar-refractivity contribution in [2.45, 2.75) is 46.2 Å². The molecule has 0 aromatic heterocycles. The molecule has 0 heterocycles. The second-order valence-corrected chi connectivity index (χ2v) is 14.5. The fourth-order valence-electron chi connectivity index (χ4n) is 0.953. The molecule has 0 bridgehead atoms. The van der Waals surface area contributed by atoms with Gasteiger partial charge in [0.1, 0.15) is 0 Å². The molecular formula is C9H23NO3Si2. The van der Waals surface area contributed by atoms with Crippen molar-refractivity contribution in [1.82, 2.24) is 4.73 Å². The van der Waals surface area contributed by atoms with E-state index in [-0.39, 0.29) is 6.09 Å². The van der Waals surface area contributed by atoms with Crippen LogP contribution in [0.15, 0.2) is 0 Å². The van der Waals surface area contributed by atoms with Gasteiger partial charge in [0.15, 0.2) is 8.24 Å². The highest BCUT2D eigenvalue weighted by Crippen LogP contribution is 2.14. The Labute approximate surface area is 94.7 Å². The summed E-state index contributed by atoms with van der Waals surface area (Å²) in [7, 11) is -3.65. The number of carbonyl (C=O) groups excluding carboxylic acids is 1. The van der Waals surface area contributed by atoms with E-state index in [9.17, 15) is 4.79 Å². The Kier molecular flexibility index (Phi) is 5.02. The van der Waals surface area contributed by atoms with Crippen molar-refractivity contribution in [3.05, 3.63) is 0 Å². The van der Waals surface area contributed by atoms with Gasteiger partial charge in [0.25, 0.3) is 0 Å². The highest BCUT2D eigenvalue weighted by Gasteiger charge is 2.33. The first-order chi connectivity index (χ1) is 6.58. The van der Waals surface area contributed by atoms with E-state index < -0.39 is 16.6 Å². The number of hydrogen-bond acceptors (Lipinski definition) is 3. The van der Waals surface area contributed by atoms with Gasteiger partial charge in [-0.05, 0) is 46.2 Å². The topological polar surface area (TPSA) is 38.8 Å². The number of nitrogens with zero attached hydrogens (tertiary/aromatic N) is 1. The van der Waals surface area contributed by atoms with Gasteiger partial charge in [-0.25, -0.2) is 9.52 Å². The van der Waals surface area contributed by atoms with Crippen LogP contribution >= 0.6 is 0 Å². The number of amides is 1. The lowest BCUT2D eigenvalue weighted by Crippen LogP contribution is -2.51. The average molecular weight is 249 g/mol. The molecule has 0 N–H and O–H groups in total. The van der Waals surface area contributed by atoms with Crippen LogP contribution in [0.5, 0.6) is 0 Å². The van der Waals surface area contributed by atoms with E-state index in [4.69, 9.17) is 9.26 Å². The zero-order valence-electron chi connectivity index (χ0n) is 10.9. The Morgan fingerprint density at radius 2 is 1.60 bits per heavy atom. The lowest BCUT2D eigenvalue weighted by atomic mass is 10.9. The van der Waals surface area contributed by atoms with E-state index in [1.54, 1.807) is 0 Å². The maximum absolute atomic E-state index is 11.8. The molecule has 0 unspecified atom stereocenters. The molecular weight excluding hydrogens is 226 g/mol. The molecule has 0 spiro atoms. The van der Waals surface area contributed by atoms with E-state index in [1.165, 1.54) is 4.73 Å². The molecule has 0 fully saturated rings. The van der Waals surface area contributed by atoms with Gasteiger partial charge in [-0.2, -0.15) is 0 Å². The molecule has 0 atom stereocenters. The van der Waals surface area contributed by atoms with Gasteiger partial charge in [-0.3, -0.25) is 4.84 Å². The van der Waals surface area contributed by atoms with Gasteiger partial charge in [0, 0.05) is 0 Å². The molecule has 0 rings (SSSR count). The minimum absolute atomic E-state index is 0.324. The molecule has 6 heteroatoms. The van der Waals surface area contributed by atoms with Crippen LogP contribution in [0.2, 0.25) is 39.3 Å². The first-order valence-electron chi connectivity index (χ1n) is 5.24. The predicted molar refractivity (Wildman–Crippen MR) is 66.6 cm³/mol. The van der Waals surface area contributed by atoms with E-state index in [0.717, 1.165) is 0 Å². The third-order valence-electron chi connectivity index (χ3n) is 1.43. The minimum Gasteiger partial charge on any atom is -0.503 e. The van der Waals surface area contributed by atoms with Crippen molar-refractivity contribution < 1.29 is 14.1 Å². The zero-order chi connectivity index (χ0) is 12.3. The molecule has 0 radical (unpaired) electrons. The molecule has 0 saturated carbocycles. The molecule has 0 saturated heterocycles. The maximum atomic E-state index is 11.8. The Bertz CT molecular complexity index is 220. The van der Waals surface area contributed by atoms with Crippen LogP contribution in [-0.2, 0) is 9.26 Å². The lowest BCUT2D eigenvalue weighted by Gasteiger charge is -2.33. The van der Waals surface area contributed by atoms with Crippen LogP contribution in [0.1, 0.15) is 6.92 Å². The number of hydroxylamine groups is 1. The molecule has 0 aromatic carbocycles. The second-order valence-electron chi connectivity index (χ2n) is 5.36. The number of carbonyl (C=O) groups is 1. The summed E-state index contributed by atoms with van der Waals surface area (Å²) < 4.78 is 6.86. The Hall–Kier alpha value is -0.336. The standard InChI is InChI=1S/C9H23NO3Si2/c1-8-12-10(14(2,3)4)9(11)13-15(5,6)7/h8H2,1-7H3. The summed E-state index contributed by atoms with van der Waals surface area (Å²) in [6.45, 7) is 14.5. The van der Waals surface area contributed by atoms with Crippen LogP contribution in [0.4, 0.5) is 4.79 Å². The average Bonchev–Trinajstić information content (AvgIpc) is 1.93. The summed E-state index contributed by atoms with van der Waals surface area (Å²) in [6, 6.07) is 0. The predicted octanol–water partition coefficient (Wildman–Crippen LogP) is 3.05. The van der Waals surface area contributed by atoms with Gasteiger partial charge in [-0.15, -0.1) is 0 Å². The summed E-state index contributed by atoms with van der Waals surface area (Å²) in [4.78, 5) is 17.2. The van der Waals surface area contributed by atoms with Crippen molar-refractivity contribution in [3.8, 4) is 0 Å². The number of hydrogen-bond donors (Lipinski definition) is 0. The highest BCUT2D eigenvalue weighted by atomic mass is 28.4. The molecule has 0 aliphatic rings. The smallest absolute Gasteiger partial charge is 0.411 e. The second kappa shape index (κ2) is 5.13. The summed E-state index contributed by atoms with van der Waals surface area (Å²) in [5.74, 6) is 0. The van der Waals surface area contributed by atoms with Crippen molar-refractivity contribution in [2.24, 2.45) is 0 Å². The van der Waals surface area contributed by atoms with E-state index in [1.807, 2.05) is 46.2 Å². The Morgan fingerprint density at radius 3 is 1.87 bits per heavy atom. The van der Waals surface area contributed by atoms with Crippen molar-refractivity contribution in [3.63, 3.8) is 0 Å².